The molecule has 0 bridgehead atoms. The van der Waals surface area contributed by atoms with Crippen LogP contribution in [0, 0.1) is 11.3 Å². The minimum Gasteiger partial charge on any atom is -0.339 e. The highest BCUT2D eigenvalue weighted by Gasteiger charge is 2.46. The Balaban J connectivity index is 1.28. The number of benzene rings is 2. The van der Waals surface area contributed by atoms with Gasteiger partial charge in [0.05, 0.1) is 18.0 Å². The molecule has 5 aliphatic rings. The van der Waals surface area contributed by atoms with Gasteiger partial charge in [0.25, 0.3) is 11.8 Å². The first-order valence-corrected chi connectivity index (χ1v) is 16.6. The van der Waals surface area contributed by atoms with Crippen LogP contribution in [0.25, 0.3) is 0 Å². The third-order valence-electron chi connectivity index (χ3n) is 10.3. The maximum Gasteiger partial charge on any atom is 0.253 e. The number of amidine groups is 1. The van der Waals surface area contributed by atoms with Crippen LogP contribution in [-0.2, 0) is 23.1 Å². The van der Waals surface area contributed by atoms with E-state index in [0.717, 1.165) is 67.7 Å². The first-order chi connectivity index (χ1) is 22.4. The predicted molar refractivity (Wildman–Crippen MR) is 172 cm³/mol. The van der Waals surface area contributed by atoms with E-state index >= 15 is 0 Å². The average molecular weight is 621 g/mol. The van der Waals surface area contributed by atoms with Crippen molar-refractivity contribution in [3.8, 4) is 6.07 Å². The molecule has 238 valence electrons. The molecule has 46 heavy (non-hydrogen) atoms. The number of carbonyl (C=O) groups excluding carboxylic acids is 3. The van der Waals surface area contributed by atoms with Gasteiger partial charge < -0.3 is 20.0 Å². The van der Waals surface area contributed by atoms with E-state index in [9.17, 15) is 19.6 Å². The van der Waals surface area contributed by atoms with E-state index in [0.29, 0.717) is 49.2 Å². The van der Waals surface area contributed by atoms with Crippen molar-refractivity contribution in [2.75, 3.05) is 45.9 Å². The Labute approximate surface area is 269 Å². The molecule has 4 heterocycles. The molecule has 1 aliphatic carbocycles. The Morgan fingerprint density at radius 1 is 0.935 bits per heavy atom. The summed E-state index contributed by atoms with van der Waals surface area (Å²) >= 11 is 0. The summed E-state index contributed by atoms with van der Waals surface area (Å²) in [6.07, 6.45) is 5.53. The van der Waals surface area contributed by atoms with Crippen LogP contribution in [-0.4, -0.2) is 96.3 Å². The molecule has 2 atom stereocenters. The third-order valence-corrected chi connectivity index (χ3v) is 10.3. The quantitative estimate of drug-likeness (QED) is 0.483. The number of hydrogen-bond donors (Lipinski definition) is 1. The minimum absolute atomic E-state index is 0.0490. The summed E-state index contributed by atoms with van der Waals surface area (Å²) in [5.74, 6) is 0.623. The van der Waals surface area contributed by atoms with E-state index in [-0.39, 0.29) is 43.0 Å². The van der Waals surface area contributed by atoms with Crippen molar-refractivity contribution in [2.24, 2.45) is 15.2 Å². The summed E-state index contributed by atoms with van der Waals surface area (Å²) in [6.45, 7) is 6.15. The van der Waals surface area contributed by atoms with Gasteiger partial charge in [0.15, 0.2) is 12.5 Å². The second-order valence-corrected chi connectivity index (χ2v) is 13.2. The Bertz CT molecular complexity index is 1590. The largest absolute Gasteiger partial charge is 0.339 e. The SMILES string of the molecule is C[C@@H](CC1(C2=NCN=N2)c2ccc(C(=O)N3CCC3)cc2CCc2cc(C(=O)N3CCC3)ccc21)NCC(=O)N1CCC[C@H]1C#N. The maximum absolute atomic E-state index is 13.3. The molecular formula is C35H40N8O3. The van der Waals surface area contributed by atoms with Crippen LogP contribution < -0.4 is 5.32 Å². The van der Waals surface area contributed by atoms with Crippen LogP contribution in [0.2, 0.25) is 0 Å². The lowest BCUT2D eigenvalue weighted by Crippen LogP contribution is -2.47. The van der Waals surface area contributed by atoms with Crippen molar-refractivity contribution < 1.29 is 14.4 Å². The normalized spacial score (nSPS) is 21.7. The Morgan fingerprint density at radius 2 is 1.54 bits per heavy atom. The molecule has 7 rings (SSSR count). The number of azo groups is 1. The number of fused-ring (bicyclic) bond motifs is 2. The van der Waals surface area contributed by atoms with Crippen LogP contribution in [0.1, 0.15) is 82.0 Å². The van der Waals surface area contributed by atoms with Gasteiger partial charge in [-0.25, -0.2) is 4.99 Å². The van der Waals surface area contributed by atoms with Gasteiger partial charge in [0.2, 0.25) is 5.91 Å². The van der Waals surface area contributed by atoms with Gasteiger partial charge in [-0.1, -0.05) is 12.1 Å². The Morgan fingerprint density at radius 3 is 2.04 bits per heavy atom. The molecule has 0 spiro atoms. The van der Waals surface area contributed by atoms with Crippen LogP contribution in [0.3, 0.4) is 0 Å². The van der Waals surface area contributed by atoms with Gasteiger partial charge >= 0.3 is 0 Å². The molecule has 0 saturated carbocycles. The molecule has 2 aromatic rings. The average Bonchev–Trinajstić information content (AvgIpc) is 3.71. The molecule has 0 radical (unpaired) electrons. The van der Waals surface area contributed by atoms with E-state index in [4.69, 9.17) is 4.99 Å². The summed E-state index contributed by atoms with van der Waals surface area (Å²) < 4.78 is 0. The molecule has 3 saturated heterocycles. The monoisotopic (exact) mass is 620 g/mol. The summed E-state index contributed by atoms with van der Waals surface area (Å²) in [7, 11) is 0. The first-order valence-electron chi connectivity index (χ1n) is 16.6. The van der Waals surface area contributed by atoms with E-state index in [1.54, 1.807) is 4.90 Å². The number of carbonyl (C=O) groups is 3. The van der Waals surface area contributed by atoms with E-state index < -0.39 is 5.41 Å². The smallest absolute Gasteiger partial charge is 0.253 e. The van der Waals surface area contributed by atoms with Gasteiger partial charge in [0, 0.05) is 49.9 Å². The fraction of sp³-hybridized carbons (Fsp3) is 0.514. The fourth-order valence-electron chi connectivity index (χ4n) is 7.61. The van der Waals surface area contributed by atoms with Crippen molar-refractivity contribution in [2.45, 2.75) is 69.4 Å². The molecule has 0 aromatic heterocycles. The lowest BCUT2D eigenvalue weighted by Gasteiger charge is -2.38. The number of nitriles is 1. The molecular weight excluding hydrogens is 580 g/mol. The number of nitrogens with one attached hydrogen (secondary N) is 1. The topological polar surface area (TPSA) is 134 Å². The lowest BCUT2D eigenvalue weighted by molar-refractivity contribution is -0.130. The zero-order chi connectivity index (χ0) is 31.8. The Hall–Kier alpha value is -4.43. The zero-order valence-electron chi connectivity index (χ0n) is 26.4. The number of rotatable bonds is 8. The number of likely N-dealkylation sites (tertiary alicyclic amines) is 3. The predicted octanol–water partition coefficient (Wildman–Crippen LogP) is 3.47. The lowest BCUT2D eigenvalue weighted by atomic mass is 9.67. The molecule has 2 aromatic carbocycles. The number of aryl methyl sites for hydroxylation is 2. The van der Waals surface area contributed by atoms with Crippen molar-refractivity contribution >= 4 is 23.6 Å². The van der Waals surface area contributed by atoms with Crippen molar-refractivity contribution in [1.29, 1.82) is 5.26 Å². The second-order valence-electron chi connectivity index (χ2n) is 13.2. The van der Waals surface area contributed by atoms with Crippen LogP contribution >= 0.6 is 0 Å². The zero-order valence-corrected chi connectivity index (χ0v) is 26.4. The molecule has 11 nitrogen and oxygen atoms in total. The van der Waals surface area contributed by atoms with E-state index in [1.807, 2.05) is 34.1 Å². The minimum atomic E-state index is -0.823. The molecule has 11 heteroatoms. The number of amides is 3. The molecule has 0 unspecified atom stereocenters. The van der Waals surface area contributed by atoms with Gasteiger partial charge in [-0.3, -0.25) is 14.4 Å². The van der Waals surface area contributed by atoms with Crippen molar-refractivity contribution in [1.82, 2.24) is 20.0 Å². The van der Waals surface area contributed by atoms with Crippen LogP contribution in [0.5, 0.6) is 0 Å². The Kier molecular flexibility index (Phi) is 8.15. The molecule has 4 aliphatic heterocycles. The molecule has 1 N–H and O–H groups in total. The fourth-order valence-corrected chi connectivity index (χ4v) is 7.61. The molecule has 3 fully saturated rings. The summed E-state index contributed by atoms with van der Waals surface area (Å²) in [5, 5.41) is 21.8. The van der Waals surface area contributed by atoms with Crippen molar-refractivity contribution in [3.05, 3.63) is 69.8 Å². The van der Waals surface area contributed by atoms with Crippen LogP contribution in [0.4, 0.5) is 0 Å². The van der Waals surface area contributed by atoms with Gasteiger partial charge in [0.1, 0.15) is 6.04 Å². The van der Waals surface area contributed by atoms with Crippen LogP contribution in [0.15, 0.2) is 51.6 Å². The van der Waals surface area contributed by atoms with E-state index in [1.165, 1.54) is 0 Å². The summed E-state index contributed by atoms with van der Waals surface area (Å²) in [6, 6.07) is 13.8. The third kappa shape index (κ3) is 5.28. The van der Waals surface area contributed by atoms with Gasteiger partial charge in [-0.05, 0) is 98.4 Å². The standard InChI is InChI=1S/C35H40N8O3/c1-23(37-21-31(44)43-16-2-5-28(43)20-36)19-35(34-38-22-39-40-34)29-10-8-26(32(45)41-12-3-13-41)17-24(29)6-7-25-18-27(9-11-30(25)35)33(46)42-14-4-15-42/h8-11,17-18,23,28,37H,2-7,12-16,19,21-22H2,1H3/t23-,28-/m0/s1. The maximum atomic E-state index is 13.3. The summed E-state index contributed by atoms with van der Waals surface area (Å²) in [4.78, 5) is 50.0. The highest BCUT2D eigenvalue weighted by molar-refractivity contribution is 6.01. The summed E-state index contributed by atoms with van der Waals surface area (Å²) in [5.41, 5.74) is 4.69. The highest BCUT2D eigenvalue weighted by atomic mass is 16.2. The first kappa shape index (κ1) is 30.2. The highest BCUT2D eigenvalue weighted by Crippen LogP contribution is 2.46. The molecule has 3 amide bonds. The van der Waals surface area contributed by atoms with Crippen molar-refractivity contribution in [3.63, 3.8) is 0 Å². The van der Waals surface area contributed by atoms with Gasteiger partial charge in [-0.2, -0.15) is 10.4 Å². The number of aliphatic imine (C=N–C) groups is 1. The van der Waals surface area contributed by atoms with Gasteiger partial charge in [-0.15, -0.1) is 5.11 Å². The van der Waals surface area contributed by atoms with E-state index in [2.05, 4.69) is 40.7 Å². The number of nitrogens with zero attached hydrogens (tertiary/aromatic N) is 7. The second kappa shape index (κ2) is 12.4. The number of hydrogen-bond acceptors (Lipinski definition) is 8.